The zero-order valence-electron chi connectivity index (χ0n) is 8.41. The number of carbonyl (C=O) groups is 1. The molecule has 0 fully saturated rings. The lowest BCUT2D eigenvalue weighted by molar-refractivity contribution is -0.238. The third-order valence-electron chi connectivity index (χ3n) is 1.63. The van der Waals surface area contributed by atoms with Gasteiger partial charge >= 0.3 is 5.97 Å². The first-order chi connectivity index (χ1) is 5.92. The van der Waals surface area contributed by atoms with Crippen molar-refractivity contribution in [2.45, 2.75) is 51.9 Å². The number of rotatable bonds is 6. The van der Waals surface area contributed by atoms with Gasteiger partial charge in [-0.1, -0.05) is 13.3 Å². The van der Waals surface area contributed by atoms with E-state index in [-0.39, 0.29) is 12.5 Å². The minimum atomic E-state index is -2.01. The molecule has 0 aromatic heterocycles. The van der Waals surface area contributed by atoms with Crippen LogP contribution in [0.25, 0.3) is 0 Å². The van der Waals surface area contributed by atoms with Crippen molar-refractivity contribution < 1.29 is 19.7 Å². The summed E-state index contributed by atoms with van der Waals surface area (Å²) in [4.78, 5) is 10.7. The van der Waals surface area contributed by atoms with E-state index in [9.17, 15) is 9.90 Å². The molecule has 0 aromatic rings. The van der Waals surface area contributed by atoms with Gasteiger partial charge in [0.15, 0.2) is 0 Å². The van der Waals surface area contributed by atoms with Crippen LogP contribution in [-0.4, -0.2) is 28.1 Å². The van der Waals surface area contributed by atoms with Crippen LogP contribution in [0.2, 0.25) is 0 Å². The highest BCUT2D eigenvalue weighted by Gasteiger charge is 2.37. The first-order valence-electron chi connectivity index (χ1n) is 4.56. The number of ether oxygens (including phenoxy) is 1. The number of carboxylic acids is 1. The van der Waals surface area contributed by atoms with Gasteiger partial charge in [0.25, 0.3) is 5.79 Å². The summed E-state index contributed by atoms with van der Waals surface area (Å²) in [5, 5.41) is 18.3. The second kappa shape index (κ2) is 5.19. The zero-order valence-corrected chi connectivity index (χ0v) is 8.41. The first kappa shape index (κ1) is 12.4. The van der Waals surface area contributed by atoms with Crippen molar-refractivity contribution in [2.75, 3.05) is 0 Å². The van der Waals surface area contributed by atoms with E-state index in [0.717, 1.165) is 6.42 Å². The number of aliphatic hydroxyl groups is 1. The Morgan fingerprint density at radius 3 is 2.38 bits per heavy atom. The summed E-state index contributed by atoms with van der Waals surface area (Å²) in [5.41, 5.74) is 0. The number of hydrogen-bond donors (Lipinski definition) is 2. The summed E-state index contributed by atoms with van der Waals surface area (Å²) >= 11 is 0. The van der Waals surface area contributed by atoms with Crippen LogP contribution in [0, 0.1) is 0 Å². The van der Waals surface area contributed by atoms with Gasteiger partial charge in [-0.15, -0.1) is 0 Å². The van der Waals surface area contributed by atoms with Crippen molar-refractivity contribution in [2.24, 2.45) is 0 Å². The van der Waals surface area contributed by atoms with E-state index >= 15 is 0 Å². The fourth-order valence-electron chi connectivity index (χ4n) is 1.02. The van der Waals surface area contributed by atoms with E-state index in [1.165, 1.54) is 0 Å². The second-order valence-electron chi connectivity index (χ2n) is 3.36. The molecule has 0 aromatic carbocycles. The Balaban J connectivity index is 4.25. The highest BCUT2D eigenvalue weighted by atomic mass is 16.7. The van der Waals surface area contributed by atoms with Gasteiger partial charge in [0.05, 0.1) is 6.10 Å². The van der Waals surface area contributed by atoms with Crippen LogP contribution in [-0.2, 0) is 9.53 Å². The molecule has 78 valence electrons. The van der Waals surface area contributed by atoms with Crippen molar-refractivity contribution in [3.05, 3.63) is 0 Å². The molecule has 0 bridgehead atoms. The lowest BCUT2D eigenvalue weighted by Crippen LogP contribution is -2.43. The standard InChI is InChI=1S/C9H18O4/c1-4-5-6-9(12,8(10)11)13-7(2)3/h7,12H,4-6H2,1-3H3,(H,10,11). The molecule has 4 heteroatoms. The number of aliphatic carboxylic acids is 1. The number of unbranched alkanes of at least 4 members (excludes halogenated alkanes) is 1. The Morgan fingerprint density at radius 1 is 1.54 bits per heavy atom. The van der Waals surface area contributed by atoms with Crippen LogP contribution < -0.4 is 0 Å². The van der Waals surface area contributed by atoms with Crippen molar-refractivity contribution >= 4 is 5.97 Å². The predicted octanol–water partition coefficient (Wildman–Crippen LogP) is 1.37. The van der Waals surface area contributed by atoms with Crippen LogP contribution in [0.5, 0.6) is 0 Å². The van der Waals surface area contributed by atoms with E-state index in [4.69, 9.17) is 9.84 Å². The summed E-state index contributed by atoms with van der Waals surface area (Å²) < 4.78 is 4.96. The maximum absolute atomic E-state index is 10.7. The molecule has 4 nitrogen and oxygen atoms in total. The average Bonchev–Trinajstić information content (AvgIpc) is 1.99. The van der Waals surface area contributed by atoms with Crippen LogP contribution in [0.1, 0.15) is 40.0 Å². The molecule has 0 heterocycles. The van der Waals surface area contributed by atoms with Crippen molar-refractivity contribution in [3.8, 4) is 0 Å². The zero-order chi connectivity index (χ0) is 10.5. The molecule has 13 heavy (non-hydrogen) atoms. The number of carboxylic acid groups (broad SMARTS) is 1. The predicted molar refractivity (Wildman–Crippen MR) is 48.3 cm³/mol. The van der Waals surface area contributed by atoms with E-state index in [2.05, 4.69) is 0 Å². The Labute approximate surface area is 78.5 Å². The van der Waals surface area contributed by atoms with Crippen molar-refractivity contribution in [1.29, 1.82) is 0 Å². The molecule has 0 spiro atoms. The summed E-state index contributed by atoms with van der Waals surface area (Å²) in [6, 6.07) is 0. The fourth-order valence-corrected chi connectivity index (χ4v) is 1.02. The molecule has 0 radical (unpaired) electrons. The third kappa shape index (κ3) is 4.24. The molecule has 0 aliphatic carbocycles. The topological polar surface area (TPSA) is 66.8 Å². The first-order valence-corrected chi connectivity index (χ1v) is 4.56. The van der Waals surface area contributed by atoms with E-state index in [1.807, 2.05) is 6.92 Å². The van der Waals surface area contributed by atoms with E-state index < -0.39 is 11.8 Å². The minimum Gasteiger partial charge on any atom is -0.477 e. The van der Waals surface area contributed by atoms with E-state index in [0.29, 0.717) is 6.42 Å². The fraction of sp³-hybridized carbons (Fsp3) is 0.889. The molecule has 0 saturated carbocycles. The highest BCUT2D eigenvalue weighted by molar-refractivity contribution is 5.75. The van der Waals surface area contributed by atoms with Crippen molar-refractivity contribution in [1.82, 2.24) is 0 Å². The normalized spacial score (nSPS) is 15.8. The smallest absolute Gasteiger partial charge is 0.364 e. The van der Waals surface area contributed by atoms with Gasteiger partial charge in [0.2, 0.25) is 0 Å². The van der Waals surface area contributed by atoms with E-state index in [1.54, 1.807) is 13.8 Å². The summed E-state index contributed by atoms with van der Waals surface area (Å²) in [5.74, 6) is -3.32. The van der Waals surface area contributed by atoms with Gasteiger partial charge in [-0.3, -0.25) is 0 Å². The second-order valence-corrected chi connectivity index (χ2v) is 3.36. The largest absolute Gasteiger partial charge is 0.477 e. The van der Waals surface area contributed by atoms with Gasteiger partial charge in [-0.05, 0) is 20.3 Å². The SMILES string of the molecule is CCCCC(O)(OC(C)C)C(=O)O. The number of hydrogen-bond acceptors (Lipinski definition) is 3. The molecular weight excluding hydrogens is 172 g/mol. The monoisotopic (exact) mass is 190 g/mol. The molecule has 0 amide bonds. The Hall–Kier alpha value is -0.610. The third-order valence-corrected chi connectivity index (χ3v) is 1.63. The summed E-state index contributed by atoms with van der Waals surface area (Å²) in [7, 11) is 0. The lowest BCUT2D eigenvalue weighted by atomic mass is 10.1. The van der Waals surface area contributed by atoms with Gasteiger partial charge < -0.3 is 14.9 Å². The van der Waals surface area contributed by atoms with Crippen molar-refractivity contribution in [3.63, 3.8) is 0 Å². The van der Waals surface area contributed by atoms with Gasteiger partial charge in [-0.2, -0.15) is 0 Å². The molecule has 0 aliphatic rings. The van der Waals surface area contributed by atoms with Gasteiger partial charge in [0.1, 0.15) is 0 Å². The molecule has 1 unspecified atom stereocenters. The highest BCUT2D eigenvalue weighted by Crippen LogP contribution is 2.18. The summed E-state index contributed by atoms with van der Waals surface area (Å²) in [6.45, 7) is 5.32. The molecule has 1 atom stereocenters. The summed E-state index contributed by atoms with van der Waals surface area (Å²) in [6.07, 6.45) is 1.31. The average molecular weight is 190 g/mol. The molecule has 0 rings (SSSR count). The molecule has 0 saturated heterocycles. The van der Waals surface area contributed by atoms with Gasteiger partial charge in [-0.25, -0.2) is 4.79 Å². The van der Waals surface area contributed by atoms with Crippen LogP contribution in [0.4, 0.5) is 0 Å². The maximum atomic E-state index is 10.7. The quantitative estimate of drug-likeness (QED) is 0.621. The minimum absolute atomic E-state index is 0.136. The molecule has 2 N–H and O–H groups in total. The molecule has 0 aliphatic heterocycles. The maximum Gasteiger partial charge on any atom is 0.364 e. The van der Waals surface area contributed by atoms with Crippen LogP contribution in [0.3, 0.4) is 0 Å². The Kier molecular flexibility index (Phi) is 4.95. The molecular formula is C9H18O4. The van der Waals surface area contributed by atoms with Crippen LogP contribution >= 0.6 is 0 Å². The van der Waals surface area contributed by atoms with Crippen LogP contribution in [0.15, 0.2) is 0 Å². The Morgan fingerprint density at radius 2 is 2.08 bits per heavy atom. The van der Waals surface area contributed by atoms with Gasteiger partial charge in [0, 0.05) is 6.42 Å². The lowest BCUT2D eigenvalue weighted by Gasteiger charge is -2.25. The Bertz CT molecular complexity index is 167.